The average molecular weight is 266 g/mol. The Kier molecular flexibility index (Phi) is 3.86. The molecule has 1 aliphatic rings. The Morgan fingerprint density at radius 1 is 1.53 bits per heavy atom. The Balaban J connectivity index is 1.88. The first kappa shape index (κ1) is 13.2. The number of carbonyl (C=O) groups is 2. The quantitative estimate of drug-likeness (QED) is 0.695. The Labute approximate surface area is 109 Å². The molecule has 1 aromatic rings. The summed E-state index contributed by atoms with van der Waals surface area (Å²) >= 11 is 0. The first-order valence-electron chi connectivity index (χ1n) is 5.74. The highest BCUT2D eigenvalue weighted by atomic mass is 16.7. The van der Waals surface area contributed by atoms with E-state index in [-0.39, 0.29) is 18.3 Å². The molecule has 0 aromatic heterocycles. The van der Waals surface area contributed by atoms with Gasteiger partial charge < -0.3 is 15.2 Å². The van der Waals surface area contributed by atoms with Crippen LogP contribution in [0.15, 0.2) is 24.3 Å². The number of rotatable bonds is 4. The van der Waals surface area contributed by atoms with Crippen molar-refractivity contribution in [1.29, 1.82) is 0 Å². The van der Waals surface area contributed by atoms with Crippen molar-refractivity contribution in [3.05, 3.63) is 24.3 Å². The highest BCUT2D eigenvalue weighted by Crippen LogP contribution is 2.17. The van der Waals surface area contributed by atoms with Gasteiger partial charge in [0.25, 0.3) is 11.8 Å². The lowest BCUT2D eigenvalue weighted by molar-refractivity contribution is -0.131. The minimum absolute atomic E-state index is 0.0938. The fourth-order valence-corrected chi connectivity index (χ4v) is 1.52. The number of nitrogens with one attached hydrogen (secondary N) is 2. The van der Waals surface area contributed by atoms with Crippen molar-refractivity contribution in [2.45, 2.75) is 19.1 Å². The summed E-state index contributed by atoms with van der Waals surface area (Å²) in [7, 11) is 0. The van der Waals surface area contributed by atoms with E-state index in [1.807, 2.05) is 0 Å². The van der Waals surface area contributed by atoms with Crippen LogP contribution < -0.4 is 15.5 Å². The van der Waals surface area contributed by atoms with Gasteiger partial charge in [-0.2, -0.15) is 0 Å². The van der Waals surface area contributed by atoms with E-state index >= 15 is 0 Å². The van der Waals surface area contributed by atoms with Crippen molar-refractivity contribution in [3.8, 4) is 11.5 Å². The molecule has 7 nitrogen and oxygen atoms in total. The van der Waals surface area contributed by atoms with E-state index in [4.69, 9.17) is 14.7 Å². The van der Waals surface area contributed by atoms with Gasteiger partial charge >= 0.3 is 0 Å². The van der Waals surface area contributed by atoms with E-state index in [0.29, 0.717) is 5.75 Å². The molecule has 0 saturated carbocycles. The zero-order chi connectivity index (χ0) is 13.8. The second kappa shape index (κ2) is 5.57. The Bertz CT molecular complexity index is 474. The number of ether oxygens (including phenoxy) is 1. The van der Waals surface area contributed by atoms with E-state index in [1.165, 1.54) is 12.1 Å². The van der Waals surface area contributed by atoms with Gasteiger partial charge in [0.05, 0.1) is 0 Å². The molecule has 1 fully saturated rings. The molecule has 1 aromatic carbocycles. The molecule has 0 aliphatic carbocycles. The first-order valence-corrected chi connectivity index (χ1v) is 5.74. The summed E-state index contributed by atoms with van der Waals surface area (Å²) in [6.07, 6.45) is -0.766. The van der Waals surface area contributed by atoms with E-state index in [9.17, 15) is 9.59 Å². The minimum atomic E-state index is -0.766. The molecule has 1 saturated heterocycles. The van der Waals surface area contributed by atoms with Crippen molar-refractivity contribution >= 4 is 11.8 Å². The summed E-state index contributed by atoms with van der Waals surface area (Å²) in [5.41, 5.74) is 2.15. The van der Waals surface area contributed by atoms with Crippen molar-refractivity contribution in [2.75, 3.05) is 6.61 Å². The molecular formula is C12H14N2O5. The Hall–Kier alpha value is -2.28. The van der Waals surface area contributed by atoms with Gasteiger partial charge in [-0.05, 0) is 31.2 Å². The summed E-state index contributed by atoms with van der Waals surface area (Å²) < 4.78 is 5.38. The smallest absolute Gasteiger partial charge is 0.268 e. The molecule has 1 heterocycles. The molecule has 2 rings (SSSR count). The molecule has 2 amide bonds. The van der Waals surface area contributed by atoms with Crippen LogP contribution in [-0.4, -0.2) is 35.7 Å². The van der Waals surface area contributed by atoms with Crippen LogP contribution in [0.2, 0.25) is 0 Å². The summed E-state index contributed by atoms with van der Waals surface area (Å²) in [6.45, 7) is 1.66. The van der Waals surface area contributed by atoms with Crippen LogP contribution in [0.25, 0.3) is 0 Å². The topological polar surface area (TPSA) is 96.9 Å². The maximum atomic E-state index is 11.8. The van der Waals surface area contributed by atoms with Crippen LogP contribution in [0.5, 0.6) is 11.5 Å². The van der Waals surface area contributed by atoms with Gasteiger partial charge in [0, 0.05) is 0 Å². The third-order valence-electron chi connectivity index (χ3n) is 2.57. The number of amides is 2. The van der Waals surface area contributed by atoms with Crippen LogP contribution in [0, 0.1) is 0 Å². The molecule has 19 heavy (non-hydrogen) atoms. The van der Waals surface area contributed by atoms with Crippen molar-refractivity contribution < 1.29 is 24.3 Å². The average Bonchev–Trinajstić information content (AvgIpc) is 2.78. The number of phenolic OH excluding ortho intramolecular Hbond substituents is 1. The largest absolute Gasteiger partial charge is 0.508 e. The first-order chi connectivity index (χ1) is 9.06. The second-order valence-electron chi connectivity index (χ2n) is 4.09. The van der Waals surface area contributed by atoms with E-state index < -0.39 is 18.1 Å². The fraction of sp³-hybridized carbons (Fsp3) is 0.333. The zero-order valence-corrected chi connectivity index (χ0v) is 10.3. The summed E-state index contributed by atoms with van der Waals surface area (Å²) in [4.78, 5) is 27.7. The molecule has 1 unspecified atom stereocenters. The molecule has 102 valence electrons. The number of aromatic hydroxyl groups is 1. The SMILES string of the molecule is CC(Oc1ccc(O)cc1)C(=O)N[C@H]1CONC1=O. The lowest BCUT2D eigenvalue weighted by Gasteiger charge is -2.16. The van der Waals surface area contributed by atoms with Crippen LogP contribution in [0.1, 0.15) is 6.92 Å². The lowest BCUT2D eigenvalue weighted by atomic mass is 10.2. The molecule has 0 radical (unpaired) electrons. The number of benzene rings is 1. The maximum absolute atomic E-state index is 11.8. The van der Waals surface area contributed by atoms with Crippen molar-refractivity contribution in [3.63, 3.8) is 0 Å². The van der Waals surface area contributed by atoms with Gasteiger partial charge in [0.15, 0.2) is 6.10 Å². The normalized spacial score (nSPS) is 19.6. The highest BCUT2D eigenvalue weighted by molar-refractivity contribution is 5.89. The van der Waals surface area contributed by atoms with E-state index in [2.05, 4.69) is 10.8 Å². The third kappa shape index (κ3) is 3.35. The molecule has 3 N–H and O–H groups in total. The van der Waals surface area contributed by atoms with Gasteiger partial charge in [-0.1, -0.05) is 0 Å². The number of phenols is 1. The summed E-state index contributed by atoms with van der Waals surface area (Å²) in [5, 5.41) is 11.6. The molecule has 0 bridgehead atoms. The number of hydroxylamine groups is 1. The predicted molar refractivity (Wildman–Crippen MR) is 64.2 cm³/mol. The Morgan fingerprint density at radius 3 is 2.79 bits per heavy atom. The van der Waals surface area contributed by atoms with Crippen molar-refractivity contribution in [1.82, 2.24) is 10.8 Å². The number of carbonyl (C=O) groups excluding carboxylic acids is 2. The maximum Gasteiger partial charge on any atom is 0.268 e. The van der Waals surface area contributed by atoms with Crippen LogP contribution >= 0.6 is 0 Å². The van der Waals surface area contributed by atoms with Crippen molar-refractivity contribution in [2.24, 2.45) is 0 Å². The third-order valence-corrected chi connectivity index (χ3v) is 2.57. The molecule has 1 aliphatic heterocycles. The van der Waals surface area contributed by atoms with Gasteiger partial charge in [0.2, 0.25) is 0 Å². The summed E-state index contributed by atoms with van der Waals surface area (Å²) in [5.74, 6) is -0.235. The van der Waals surface area contributed by atoms with E-state index in [1.54, 1.807) is 19.1 Å². The van der Waals surface area contributed by atoms with Gasteiger partial charge in [-0.3, -0.25) is 14.4 Å². The van der Waals surface area contributed by atoms with Crippen LogP contribution in [0.3, 0.4) is 0 Å². The standard InChI is InChI=1S/C12H14N2O5/c1-7(19-9-4-2-8(15)3-5-9)11(16)13-10-6-18-14-12(10)17/h2-5,7,10,15H,6H2,1H3,(H,13,16)(H,14,17)/t7?,10-/m0/s1. The fourth-order valence-electron chi connectivity index (χ4n) is 1.52. The molecule has 7 heteroatoms. The summed E-state index contributed by atoms with van der Waals surface area (Å²) in [6, 6.07) is 5.31. The predicted octanol–water partition coefficient (Wildman–Crippen LogP) is -0.294. The second-order valence-corrected chi connectivity index (χ2v) is 4.09. The monoisotopic (exact) mass is 266 g/mol. The van der Waals surface area contributed by atoms with Gasteiger partial charge in [0.1, 0.15) is 24.1 Å². The van der Waals surface area contributed by atoms with Crippen LogP contribution in [-0.2, 0) is 14.4 Å². The zero-order valence-electron chi connectivity index (χ0n) is 10.3. The van der Waals surface area contributed by atoms with Gasteiger partial charge in [-0.25, -0.2) is 5.48 Å². The van der Waals surface area contributed by atoms with E-state index in [0.717, 1.165) is 0 Å². The minimum Gasteiger partial charge on any atom is -0.508 e. The number of hydrogen-bond acceptors (Lipinski definition) is 5. The van der Waals surface area contributed by atoms with Crippen LogP contribution in [0.4, 0.5) is 0 Å². The lowest BCUT2D eigenvalue weighted by Crippen LogP contribution is -2.46. The number of hydrogen-bond donors (Lipinski definition) is 3. The Morgan fingerprint density at radius 2 is 2.21 bits per heavy atom. The molecule has 2 atom stereocenters. The highest BCUT2D eigenvalue weighted by Gasteiger charge is 2.29. The molecular weight excluding hydrogens is 252 g/mol. The van der Waals surface area contributed by atoms with Gasteiger partial charge in [-0.15, -0.1) is 0 Å². The molecule has 0 spiro atoms.